The smallest absolute Gasteiger partial charge is 0.744 e. The third-order valence-electron chi connectivity index (χ3n) is 8.76. The number of aliphatic hydroxyl groups is 4. The van der Waals surface area contributed by atoms with Gasteiger partial charge >= 0.3 is 59.1 Å². The molecule has 8 N–H and O–H groups in total. The summed E-state index contributed by atoms with van der Waals surface area (Å²) in [5.41, 5.74) is 2.32. The van der Waals surface area contributed by atoms with Crippen LogP contribution in [0.15, 0.2) is 107 Å². The molecule has 0 aliphatic carbocycles. The Labute approximate surface area is 428 Å². The van der Waals surface area contributed by atoms with Crippen LogP contribution in [-0.4, -0.2) is 116 Å². The molecule has 0 saturated heterocycles. The van der Waals surface area contributed by atoms with Gasteiger partial charge in [-0.15, -0.1) is 0 Å². The molecule has 6 rings (SSSR count). The van der Waals surface area contributed by atoms with E-state index in [9.17, 15) is 38.7 Å². The molecule has 0 aliphatic heterocycles. The summed E-state index contributed by atoms with van der Waals surface area (Å²) in [5, 5.41) is 65.2. The van der Waals surface area contributed by atoms with Gasteiger partial charge in [-0.25, -0.2) is 8.42 Å². The normalized spacial score (nSPS) is 11.1. The third kappa shape index (κ3) is 16.0. The number of benzene rings is 4. The number of rotatable bonds is 24. The van der Waals surface area contributed by atoms with Crippen molar-refractivity contribution in [2.75, 3.05) is 83.7 Å². The minimum atomic E-state index is -5.07. The Kier molecular flexibility index (Phi) is 22.3. The number of para-hydroxylation sites is 2. The van der Waals surface area contributed by atoms with Gasteiger partial charge in [-0.1, -0.05) is 60.7 Å². The maximum atomic E-state index is 12.7. The molecule has 2 aromatic heterocycles. The van der Waals surface area contributed by atoms with Crippen molar-refractivity contribution in [3.8, 4) is 0 Å². The average Bonchev–Trinajstić information content (AvgIpc) is 3.28. The van der Waals surface area contributed by atoms with Crippen LogP contribution in [0.1, 0.15) is 11.1 Å². The molecular weight excluding hydrogens is 919 g/mol. The summed E-state index contributed by atoms with van der Waals surface area (Å²) < 4.78 is 42.6. The molecule has 0 saturated carbocycles. The molecular formula is C40H42N12Na2O10S2. The first kappa shape index (κ1) is 54.0. The van der Waals surface area contributed by atoms with Crippen LogP contribution >= 0.6 is 12.0 Å². The standard InChI is InChI=1S/C40H44N12O10S2.2Na/c53-21-17-51(18-22-54)39-47-35(41-29-7-3-1-4-8-29)45-37(49-39)43-31-15-13-27(33(25-31)63-62-61-57)11-12-28-14-16-32(26-34(28)64(58,59)60)44-38-46-36(42-30-9-5-2-6-10-30)48-40(50-38)52(19-23-55)20-24-56;;/h1-16,25-26,53-57H,17-24H2,(H,58,59,60)(H2,41,43,45,47,49)(H2,42,44,46,48,50);;/q;2*+1/p-2/b12-11+;;. The van der Waals surface area contributed by atoms with Crippen molar-refractivity contribution in [2.24, 2.45) is 0 Å². The van der Waals surface area contributed by atoms with Gasteiger partial charge in [0, 0.05) is 53.8 Å². The number of anilines is 10. The van der Waals surface area contributed by atoms with E-state index in [0.29, 0.717) is 39.6 Å². The first-order valence-electron chi connectivity index (χ1n) is 19.3. The molecule has 66 heavy (non-hydrogen) atoms. The summed E-state index contributed by atoms with van der Waals surface area (Å²) in [6.07, 6.45) is 2.89. The maximum absolute atomic E-state index is 12.7. The second kappa shape index (κ2) is 27.3. The van der Waals surface area contributed by atoms with Crippen molar-refractivity contribution in [2.45, 2.75) is 9.79 Å². The molecule has 0 bridgehead atoms. The van der Waals surface area contributed by atoms with Gasteiger partial charge in [0.2, 0.25) is 35.7 Å². The van der Waals surface area contributed by atoms with Crippen LogP contribution in [0.3, 0.4) is 0 Å². The van der Waals surface area contributed by atoms with E-state index in [1.54, 1.807) is 47.4 Å². The first-order valence-corrected chi connectivity index (χ1v) is 21.4. The number of hydrogen-bond donors (Lipinski definition) is 8. The van der Waals surface area contributed by atoms with Gasteiger partial charge in [0.05, 0.1) is 43.4 Å². The SMILES string of the molecule is O=S(=O)([O-])c1cc(Nc2nc(Nc3ccccc3)nc(N(CCO)CCO)n2)ccc1/C=C/c1ccc(Nc2nc(Nc3ccccc3)nc(N(CCO)CCO)n2)cc1SOO[O-].[Na+].[Na+]. The zero-order chi connectivity index (χ0) is 45.3. The van der Waals surface area contributed by atoms with E-state index in [1.807, 2.05) is 36.4 Å². The van der Waals surface area contributed by atoms with Crippen molar-refractivity contribution in [3.63, 3.8) is 0 Å². The Morgan fingerprint density at radius 2 is 0.955 bits per heavy atom. The van der Waals surface area contributed by atoms with Crippen molar-refractivity contribution in [1.29, 1.82) is 0 Å². The van der Waals surface area contributed by atoms with Crippen LogP contribution in [0.4, 0.5) is 58.4 Å². The second-order valence-electron chi connectivity index (χ2n) is 13.2. The summed E-state index contributed by atoms with van der Waals surface area (Å²) in [4.78, 5) is 29.5. The van der Waals surface area contributed by atoms with Gasteiger partial charge in [-0.2, -0.15) is 34.2 Å². The number of hydrogen-bond acceptors (Lipinski definition) is 23. The van der Waals surface area contributed by atoms with Gasteiger partial charge in [0.1, 0.15) is 10.1 Å². The number of nitrogens with zero attached hydrogens (tertiary/aromatic N) is 8. The van der Waals surface area contributed by atoms with Gasteiger partial charge in [-0.3, -0.25) is 5.04 Å². The first-order chi connectivity index (χ1) is 31.1. The Morgan fingerprint density at radius 3 is 1.36 bits per heavy atom. The zero-order valence-corrected chi connectivity index (χ0v) is 41.3. The number of aromatic nitrogens is 6. The van der Waals surface area contributed by atoms with E-state index in [0.717, 1.165) is 6.07 Å². The molecule has 2 heterocycles. The topological polar surface area (TPSA) is 312 Å². The largest absolute Gasteiger partial charge is 1.00 e. The fraction of sp³-hybridized carbons (Fsp3) is 0.200. The summed E-state index contributed by atoms with van der Waals surface area (Å²) in [7, 11) is -5.07. The molecule has 0 amide bonds. The molecule has 0 radical (unpaired) electrons. The van der Waals surface area contributed by atoms with Gasteiger partial charge < -0.3 is 61.3 Å². The Hall–Kier alpha value is -4.58. The number of aliphatic hydroxyl groups excluding tert-OH is 4. The van der Waals surface area contributed by atoms with E-state index < -0.39 is 15.0 Å². The molecule has 0 unspecified atom stereocenters. The maximum Gasteiger partial charge on any atom is 1.00 e. The van der Waals surface area contributed by atoms with Crippen molar-refractivity contribution < 1.29 is 107 Å². The quantitative estimate of drug-likeness (QED) is 0.00745. The summed E-state index contributed by atoms with van der Waals surface area (Å²) in [6, 6.07) is 27.0. The summed E-state index contributed by atoms with van der Waals surface area (Å²) >= 11 is 0.556. The molecule has 22 nitrogen and oxygen atoms in total. The van der Waals surface area contributed by atoms with E-state index in [2.05, 4.69) is 60.5 Å². The molecule has 26 heteroatoms. The number of nitrogens with one attached hydrogen (secondary N) is 4. The van der Waals surface area contributed by atoms with E-state index >= 15 is 0 Å². The van der Waals surface area contributed by atoms with E-state index in [1.165, 1.54) is 29.2 Å². The predicted molar refractivity (Wildman–Crippen MR) is 236 cm³/mol. The second-order valence-corrected chi connectivity index (χ2v) is 15.3. The Morgan fingerprint density at radius 1 is 0.561 bits per heavy atom. The van der Waals surface area contributed by atoms with E-state index in [4.69, 9.17) is 0 Å². The van der Waals surface area contributed by atoms with Gasteiger partial charge in [-0.05, 0) is 59.7 Å². The van der Waals surface area contributed by atoms with Crippen LogP contribution in [0, 0.1) is 0 Å². The molecule has 336 valence electrons. The third-order valence-corrected chi connectivity index (χ3v) is 10.3. The monoisotopic (exact) mass is 960 g/mol. The summed E-state index contributed by atoms with van der Waals surface area (Å²) in [6.45, 7) is -0.543. The fourth-order valence-electron chi connectivity index (χ4n) is 5.92. The van der Waals surface area contributed by atoms with Crippen molar-refractivity contribution in [3.05, 3.63) is 108 Å². The Bertz CT molecular complexity index is 2590. The summed E-state index contributed by atoms with van der Waals surface area (Å²) in [5.74, 6) is 0.556. The van der Waals surface area contributed by atoms with Crippen LogP contribution in [0.5, 0.6) is 0 Å². The van der Waals surface area contributed by atoms with Crippen LogP contribution in [0.2, 0.25) is 0 Å². The molecule has 6 aromatic rings. The minimum absolute atomic E-state index is 0. The average molecular weight is 961 g/mol. The van der Waals surface area contributed by atoms with Crippen LogP contribution in [0.25, 0.3) is 12.2 Å². The molecule has 0 fully saturated rings. The van der Waals surface area contributed by atoms with Crippen molar-refractivity contribution >= 4 is 92.8 Å². The molecule has 0 atom stereocenters. The van der Waals surface area contributed by atoms with Gasteiger partial charge in [0.25, 0.3) is 0 Å². The fourth-order valence-corrected chi connectivity index (χ4v) is 7.12. The molecule has 0 spiro atoms. The van der Waals surface area contributed by atoms with Gasteiger partial charge in [0.15, 0.2) is 0 Å². The minimum Gasteiger partial charge on any atom is -0.744 e. The molecule has 0 aliphatic rings. The van der Waals surface area contributed by atoms with Crippen molar-refractivity contribution in [1.82, 2.24) is 29.9 Å². The molecule has 4 aromatic carbocycles. The predicted octanol–water partition coefficient (Wildman–Crippen LogP) is -3.07. The Balaban J connectivity index is 0.00000476. The van der Waals surface area contributed by atoms with Crippen LogP contribution in [-0.2, 0) is 19.5 Å². The van der Waals surface area contributed by atoms with E-state index in [-0.39, 0.29) is 159 Å². The van der Waals surface area contributed by atoms with Crippen LogP contribution < -0.4 is 95.4 Å². The zero-order valence-electron chi connectivity index (χ0n) is 35.7.